The lowest BCUT2D eigenvalue weighted by molar-refractivity contribution is -0.140. The van der Waals surface area contributed by atoms with Crippen LogP contribution < -0.4 is 9.62 Å². The fourth-order valence-corrected chi connectivity index (χ4v) is 6.83. The Labute approximate surface area is 279 Å². The Morgan fingerprint density at radius 1 is 0.800 bits per heavy atom. The minimum atomic E-state index is -4.31. The van der Waals surface area contributed by atoms with Gasteiger partial charge in [0.25, 0.3) is 10.0 Å². The number of benzene rings is 4. The summed E-state index contributed by atoms with van der Waals surface area (Å²) in [5, 5.41) is 3.79. The first-order chi connectivity index (χ1) is 21.5. The average molecular weight is 687 g/mol. The summed E-state index contributed by atoms with van der Waals surface area (Å²) in [6.45, 7) is 3.18. The molecule has 0 aliphatic heterocycles. The Morgan fingerprint density at radius 2 is 1.42 bits per heavy atom. The van der Waals surface area contributed by atoms with Crippen molar-refractivity contribution < 1.29 is 18.0 Å². The van der Waals surface area contributed by atoms with Crippen molar-refractivity contribution in [2.75, 3.05) is 10.8 Å². The standard InChI is InChI=1S/C34H34Cl3N3O4S/c1-3-24(2)38-34(42)32(20-25-11-6-4-7-12-25)39(22-26-13-10-14-27(35)19-26)33(41)23-40(31-21-28(36)17-18-30(31)37)45(43,44)29-15-8-5-9-16-29/h4-19,21,24,32H,3,20,22-23H2,1-2H3,(H,38,42)/t24-,32+/m0/s1. The maximum Gasteiger partial charge on any atom is 0.264 e. The Morgan fingerprint density at radius 3 is 2.07 bits per heavy atom. The number of nitrogens with one attached hydrogen (secondary N) is 1. The highest BCUT2D eigenvalue weighted by molar-refractivity contribution is 7.92. The van der Waals surface area contributed by atoms with Crippen molar-refractivity contribution in [2.24, 2.45) is 0 Å². The second-order valence-electron chi connectivity index (χ2n) is 10.6. The number of nitrogens with zero attached hydrogens (tertiary/aromatic N) is 2. The van der Waals surface area contributed by atoms with Gasteiger partial charge in [-0.1, -0.05) is 102 Å². The van der Waals surface area contributed by atoms with Crippen LogP contribution in [0.15, 0.2) is 108 Å². The van der Waals surface area contributed by atoms with Crippen LogP contribution >= 0.6 is 34.8 Å². The van der Waals surface area contributed by atoms with Crippen molar-refractivity contribution in [2.45, 2.75) is 50.2 Å². The normalized spacial score (nSPS) is 12.6. The second-order valence-corrected chi connectivity index (χ2v) is 13.7. The molecular weight excluding hydrogens is 653 g/mol. The molecule has 1 N–H and O–H groups in total. The minimum absolute atomic E-state index is 0.00662. The maximum absolute atomic E-state index is 14.5. The van der Waals surface area contributed by atoms with Gasteiger partial charge in [0.1, 0.15) is 12.6 Å². The van der Waals surface area contributed by atoms with Crippen LogP contribution in [0, 0.1) is 0 Å². The molecule has 2 atom stereocenters. The zero-order valence-electron chi connectivity index (χ0n) is 24.9. The molecule has 0 aliphatic rings. The summed E-state index contributed by atoms with van der Waals surface area (Å²) in [6, 6.07) is 27.3. The Kier molecular flexibility index (Phi) is 11.9. The van der Waals surface area contributed by atoms with Gasteiger partial charge < -0.3 is 10.2 Å². The number of halogens is 3. The molecule has 0 aromatic heterocycles. The molecule has 0 radical (unpaired) electrons. The van der Waals surface area contributed by atoms with Gasteiger partial charge in [0.15, 0.2) is 0 Å². The van der Waals surface area contributed by atoms with E-state index in [-0.39, 0.29) is 45.5 Å². The summed E-state index contributed by atoms with van der Waals surface area (Å²) in [6.07, 6.45) is 0.876. The first-order valence-electron chi connectivity index (χ1n) is 14.4. The van der Waals surface area contributed by atoms with Crippen LogP contribution in [0.4, 0.5) is 5.69 Å². The predicted molar refractivity (Wildman–Crippen MR) is 181 cm³/mol. The number of amides is 2. The van der Waals surface area contributed by atoms with E-state index in [0.717, 1.165) is 9.87 Å². The van der Waals surface area contributed by atoms with Crippen molar-refractivity contribution in [1.29, 1.82) is 0 Å². The van der Waals surface area contributed by atoms with E-state index in [1.807, 2.05) is 44.2 Å². The van der Waals surface area contributed by atoms with Gasteiger partial charge in [-0.15, -0.1) is 0 Å². The third kappa shape index (κ3) is 9.01. The molecule has 4 rings (SSSR count). The van der Waals surface area contributed by atoms with Crippen LogP contribution in [0.5, 0.6) is 0 Å². The number of carbonyl (C=O) groups is 2. The van der Waals surface area contributed by atoms with E-state index in [2.05, 4.69) is 5.32 Å². The zero-order valence-corrected chi connectivity index (χ0v) is 28.0. The smallest absolute Gasteiger partial charge is 0.264 e. The van der Waals surface area contributed by atoms with Gasteiger partial charge in [0.2, 0.25) is 11.8 Å². The van der Waals surface area contributed by atoms with Crippen LogP contribution in [0.2, 0.25) is 15.1 Å². The fourth-order valence-electron chi connectivity index (χ4n) is 4.74. The molecule has 236 valence electrons. The summed E-state index contributed by atoms with van der Waals surface area (Å²) < 4.78 is 29.1. The zero-order chi connectivity index (χ0) is 32.6. The molecule has 0 heterocycles. The van der Waals surface area contributed by atoms with E-state index in [0.29, 0.717) is 17.0 Å². The summed E-state index contributed by atoms with van der Waals surface area (Å²) in [4.78, 5) is 29.8. The molecular formula is C34H34Cl3N3O4S. The summed E-state index contributed by atoms with van der Waals surface area (Å²) in [7, 11) is -4.31. The van der Waals surface area contributed by atoms with E-state index < -0.39 is 28.5 Å². The summed E-state index contributed by atoms with van der Waals surface area (Å²) in [5.41, 5.74) is 1.54. The molecule has 0 spiro atoms. The van der Waals surface area contributed by atoms with Crippen LogP contribution in [-0.4, -0.2) is 43.8 Å². The monoisotopic (exact) mass is 685 g/mol. The largest absolute Gasteiger partial charge is 0.352 e. The maximum atomic E-state index is 14.5. The highest BCUT2D eigenvalue weighted by Gasteiger charge is 2.35. The summed E-state index contributed by atoms with van der Waals surface area (Å²) in [5.74, 6) is -0.979. The molecule has 7 nitrogen and oxygen atoms in total. The molecule has 0 fully saturated rings. The van der Waals surface area contributed by atoms with Gasteiger partial charge >= 0.3 is 0 Å². The predicted octanol–water partition coefficient (Wildman–Crippen LogP) is 7.40. The molecule has 4 aromatic rings. The van der Waals surface area contributed by atoms with Crippen LogP contribution in [-0.2, 0) is 32.6 Å². The van der Waals surface area contributed by atoms with Crippen molar-refractivity contribution in [1.82, 2.24) is 10.2 Å². The molecule has 0 saturated heterocycles. The second kappa shape index (κ2) is 15.6. The van der Waals surface area contributed by atoms with Crippen molar-refractivity contribution in [3.63, 3.8) is 0 Å². The highest BCUT2D eigenvalue weighted by Crippen LogP contribution is 2.33. The van der Waals surface area contributed by atoms with Gasteiger partial charge in [-0.25, -0.2) is 8.42 Å². The lowest BCUT2D eigenvalue weighted by Gasteiger charge is -2.34. The summed E-state index contributed by atoms with van der Waals surface area (Å²) >= 11 is 19.1. The van der Waals surface area contributed by atoms with Gasteiger partial charge in [-0.05, 0) is 66.9 Å². The molecule has 0 bridgehead atoms. The molecule has 11 heteroatoms. The van der Waals surface area contributed by atoms with Crippen molar-refractivity contribution in [3.8, 4) is 0 Å². The number of sulfonamides is 1. The topological polar surface area (TPSA) is 86.8 Å². The molecule has 45 heavy (non-hydrogen) atoms. The molecule has 0 saturated carbocycles. The molecule has 0 aliphatic carbocycles. The molecule has 0 unspecified atom stereocenters. The minimum Gasteiger partial charge on any atom is -0.352 e. The number of anilines is 1. The van der Waals surface area contributed by atoms with Gasteiger partial charge in [0.05, 0.1) is 15.6 Å². The number of hydrogen-bond acceptors (Lipinski definition) is 4. The quantitative estimate of drug-likeness (QED) is 0.159. The number of carbonyl (C=O) groups excluding carboxylic acids is 2. The van der Waals surface area contributed by atoms with Gasteiger partial charge in [-0.2, -0.15) is 0 Å². The third-order valence-electron chi connectivity index (χ3n) is 7.30. The average Bonchev–Trinajstić information content (AvgIpc) is 3.03. The first kappa shape index (κ1) is 34.3. The SMILES string of the molecule is CC[C@H](C)NC(=O)[C@@H](Cc1ccccc1)N(Cc1cccc(Cl)c1)C(=O)CN(c1cc(Cl)ccc1Cl)S(=O)(=O)c1ccccc1. The fraction of sp³-hybridized carbons (Fsp3) is 0.235. The lowest BCUT2D eigenvalue weighted by Crippen LogP contribution is -2.54. The van der Waals surface area contributed by atoms with Gasteiger partial charge in [0, 0.05) is 29.1 Å². The van der Waals surface area contributed by atoms with E-state index in [9.17, 15) is 18.0 Å². The van der Waals surface area contributed by atoms with E-state index >= 15 is 0 Å². The third-order valence-corrected chi connectivity index (χ3v) is 9.86. The van der Waals surface area contributed by atoms with Crippen LogP contribution in [0.3, 0.4) is 0 Å². The number of rotatable bonds is 13. The lowest BCUT2D eigenvalue weighted by atomic mass is 10.0. The first-order valence-corrected chi connectivity index (χ1v) is 17.0. The Balaban J connectivity index is 1.83. The Bertz CT molecular complexity index is 1720. The number of hydrogen-bond donors (Lipinski definition) is 1. The van der Waals surface area contributed by atoms with Crippen LogP contribution in [0.1, 0.15) is 31.4 Å². The van der Waals surface area contributed by atoms with E-state index in [4.69, 9.17) is 34.8 Å². The Hall–Kier alpha value is -3.56. The van der Waals surface area contributed by atoms with Crippen molar-refractivity contribution >= 4 is 62.3 Å². The van der Waals surface area contributed by atoms with Gasteiger partial charge in [-0.3, -0.25) is 13.9 Å². The highest BCUT2D eigenvalue weighted by atomic mass is 35.5. The molecule has 2 amide bonds. The van der Waals surface area contributed by atoms with Crippen LogP contribution in [0.25, 0.3) is 0 Å². The molecule has 4 aromatic carbocycles. The van der Waals surface area contributed by atoms with Crippen molar-refractivity contribution in [3.05, 3.63) is 129 Å². The van der Waals surface area contributed by atoms with E-state index in [1.165, 1.54) is 35.2 Å². The van der Waals surface area contributed by atoms with E-state index in [1.54, 1.807) is 42.5 Å².